The molecule has 6 heteroatoms. The van der Waals surface area contributed by atoms with Gasteiger partial charge in [0.2, 0.25) is 0 Å². The summed E-state index contributed by atoms with van der Waals surface area (Å²) < 4.78 is 5.38. The molecular weight excluding hydrogens is 256 g/mol. The van der Waals surface area contributed by atoms with E-state index >= 15 is 0 Å². The Balaban J connectivity index is 2.17. The maximum absolute atomic E-state index is 10.8. The second-order valence-corrected chi connectivity index (χ2v) is 3.92. The van der Waals surface area contributed by atoms with Crippen molar-refractivity contribution in [1.29, 1.82) is 0 Å². The van der Waals surface area contributed by atoms with Crippen molar-refractivity contribution in [2.24, 2.45) is 0 Å². The maximum Gasteiger partial charge on any atom is 0.312 e. The van der Waals surface area contributed by atoms with Crippen molar-refractivity contribution >= 4 is 17.3 Å². The zero-order valence-corrected chi connectivity index (χ0v) is 10.0. The Morgan fingerprint density at radius 3 is 2.83 bits per heavy atom. The molecule has 0 radical (unpaired) electrons. The quantitative estimate of drug-likeness (QED) is 0.628. The van der Waals surface area contributed by atoms with Crippen LogP contribution < -0.4 is 4.74 Å². The minimum Gasteiger partial charge on any atom is -0.480 e. The highest BCUT2D eigenvalue weighted by molar-refractivity contribution is 6.30. The molecule has 0 bridgehead atoms. The van der Waals surface area contributed by atoms with Crippen molar-refractivity contribution in [2.75, 3.05) is 0 Å². The van der Waals surface area contributed by atoms with Crippen LogP contribution in [0.1, 0.15) is 5.69 Å². The zero-order chi connectivity index (χ0) is 13.0. The molecule has 2 aromatic rings. The van der Waals surface area contributed by atoms with Gasteiger partial charge in [0, 0.05) is 17.3 Å². The molecule has 0 atom stereocenters. The lowest BCUT2D eigenvalue weighted by Crippen LogP contribution is -2.00. The molecule has 0 amide bonds. The van der Waals surface area contributed by atoms with E-state index in [9.17, 15) is 10.1 Å². The number of hydrogen-bond donors (Lipinski definition) is 0. The van der Waals surface area contributed by atoms with Crippen LogP contribution >= 0.6 is 11.6 Å². The molecule has 1 aromatic carbocycles. The third kappa shape index (κ3) is 2.95. The van der Waals surface area contributed by atoms with Gasteiger partial charge in [-0.05, 0) is 24.3 Å². The van der Waals surface area contributed by atoms with Crippen molar-refractivity contribution in [2.45, 2.75) is 6.61 Å². The van der Waals surface area contributed by atoms with Crippen LogP contribution in [0.3, 0.4) is 0 Å². The normalized spacial score (nSPS) is 10.1. The van der Waals surface area contributed by atoms with Gasteiger partial charge in [-0.2, -0.15) is 0 Å². The van der Waals surface area contributed by atoms with Gasteiger partial charge in [-0.3, -0.25) is 15.1 Å². The van der Waals surface area contributed by atoms with Crippen LogP contribution in [0.25, 0.3) is 0 Å². The van der Waals surface area contributed by atoms with Crippen LogP contribution in [0.15, 0.2) is 42.6 Å². The van der Waals surface area contributed by atoms with Crippen LogP contribution in [0, 0.1) is 10.1 Å². The number of halogens is 1. The van der Waals surface area contributed by atoms with Gasteiger partial charge in [0.15, 0.2) is 5.75 Å². The second kappa shape index (κ2) is 5.46. The first kappa shape index (κ1) is 12.3. The second-order valence-electron chi connectivity index (χ2n) is 3.48. The van der Waals surface area contributed by atoms with Crippen molar-refractivity contribution < 1.29 is 9.66 Å². The van der Waals surface area contributed by atoms with Crippen molar-refractivity contribution in [3.63, 3.8) is 0 Å². The third-order valence-electron chi connectivity index (χ3n) is 2.22. The number of hydrogen-bond acceptors (Lipinski definition) is 4. The van der Waals surface area contributed by atoms with E-state index in [1.165, 1.54) is 12.1 Å². The first-order valence-electron chi connectivity index (χ1n) is 5.13. The minimum atomic E-state index is -0.528. The lowest BCUT2D eigenvalue weighted by Gasteiger charge is -2.06. The van der Waals surface area contributed by atoms with Gasteiger partial charge in [0.05, 0.1) is 10.6 Å². The monoisotopic (exact) mass is 264 g/mol. The number of pyridine rings is 1. The Bertz CT molecular complexity index is 561. The number of nitrogens with zero attached hydrogens (tertiary/aromatic N) is 2. The Labute approximate surface area is 108 Å². The number of nitro benzene ring substituents is 1. The van der Waals surface area contributed by atoms with Crippen molar-refractivity contribution in [1.82, 2.24) is 4.98 Å². The fourth-order valence-electron chi connectivity index (χ4n) is 1.39. The van der Waals surface area contributed by atoms with E-state index in [4.69, 9.17) is 16.3 Å². The highest BCUT2D eigenvalue weighted by Gasteiger charge is 2.15. The van der Waals surface area contributed by atoms with E-state index in [0.29, 0.717) is 10.7 Å². The number of rotatable bonds is 4. The zero-order valence-electron chi connectivity index (χ0n) is 9.25. The topological polar surface area (TPSA) is 65.3 Å². The molecular formula is C12H9ClN2O3. The molecule has 18 heavy (non-hydrogen) atoms. The van der Waals surface area contributed by atoms with E-state index in [1.54, 1.807) is 24.4 Å². The average Bonchev–Trinajstić information content (AvgIpc) is 2.38. The molecule has 5 nitrogen and oxygen atoms in total. The SMILES string of the molecule is O=[N+]([O-])c1cc(Cl)ccc1OCc1ccccn1. The minimum absolute atomic E-state index is 0.154. The molecule has 1 heterocycles. The predicted molar refractivity (Wildman–Crippen MR) is 66.7 cm³/mol. The van der Waals surface area contributed by atoms with Gasteiger partial charge in [-0.25, -0.2) is 0 Å². The molecule has 0 aliphatic rings. The lowest BCUT2D eigenvalue weighted by atomic mass is 10.3. The van der Waals surface area contributed by atoms with Crippen LogP contribution in [0.2, 0.25) is 5.02 Å². The molecule has 0 N–H and O–H groups in total. The van der Waals surface area contributed by atoms with E-state index in [-0.39, 0.29) is 18.0 Å². The molecule has 0 fully saturated rings. The highest BCUT2D eigenvalue weighted by atomic mass is 35.5. The number of benzene rings is 1. The molecule has 0 aliphatic carbocycles. The summed E-state index contributed by atoms with van der Waals surface area (Å²) in [5.41, 5.74) is 0.542. The van der Waals surface area contributed by atoms with Crippen LogP contribution in [0.4, 0.5) is 5.69 Å². The highest BCUT2D eigenvalue weighted by Crippen LogP contribution is 2.30. The van der Waals surface area contributed by atoms with Crippen molar-refractivity contribution in [3.8, 4) is 5.75 Å². The summed E-state index contributed by atoms with van der Waals surface area (Å²) in [6, 6.07) is 9.67. The summed E-state index contributed by atoms with van der Waals surface area (Å²) in [5.74, 6) is 0.176. The summed E-state index contributed by atoms with van der Waals surface area (Å²) in [6.45, 7) is 0.170. The van der Waals surface area contributed by atoms with Crippen LogP contribution in [-0.2, 0) is 6.61 Å². The fourth-order valence-corrected chi connectivity index (χ4v) is 1.56. The molecule has 0 saturated heterocycles. The smallest absolute Gasteiger partial charge is 0.312 e. The predicted octanol–water partition coefficient (Wildman–Crippen LogP) is 3.22. The number of aromatic nitrogens is 1. The number of nitro groups is 1. The summed E-state index contributed by atoms with van der Waals surface area (Å²) in [5, 5.41) is 11.1. The molecule has 0 spiro atoms. The largest absolute Gasteiger partial charge is 0.480 e. The van der Waals surface area contributed by atoms with E-state index in [2.05, 4.69) is 4.98 Å². The van der Waals surface area contributed by atoms with Gasteiger partial charge >= 0.3 is 5.69 Å². The summed E-state index contributed by atoms with van der Waals surface area (Å²) in [6.07, 6.45) is 1.63. The van der Waals surface area contributed by atoms with E-state index in [1.807, 2.05) is 6.07 Å². The van der Waals surface area contributed by atoms with Gasteiger partial charge in [0.1, 0.15) is 6.61 Å². The summed E-state index contributed by atoms with van der Waals surface area (Å²) >= 11 is 5.71. The maximum atomic E-state index is 10.8. The molecule has 92 valence electrons. The standard InChI is InChI=1S/C12H9ClN2O3/c13-9-4-5-12(11(7-9)15(16)17)18-8-10-3-1-2-6-14-10/h1-7H,8H2. The Hall–Kier alpha value is -2.14. The summed E-state index contributed by atoms with van der Waals surface area (Å²) in [7, 11) is 0. The molecule has 0 unspecified atom stereocenters. The van der Waals surface area contributed by atoms with Gasteiger partial charge in [-0.1, -0.05) is 17.7 Å². The van der Waals surface area contributed by atoms with Gasteiger partial charge < -0.3 is 4.74 Å². The van der Waals surface area contributed by atoms with E-state index < -0.39 is 4.92 Å². The first-order chi connectivity index (χ1) is 8.66. The fraction of sp³-hybridized carbons (Fsp3) is 0.0833. The van der Waals surface area contributed by atoms with Crippen molar-refractivity contribution in [3.05, 3.63) is 63.4 Å². The van der Waals surface area contributed by atoms with Gasteiger partial charge in [0.25, 0.3) is 0 Å². The van der Waals surface area contributed by atoms with Gasteiger partial charge in [-0.15, -0.1) is 0 Å². The van der Waals surface area contributed by atoms with Crippen LogP contribution in [0.5, 0.6) is 5.75 Å². The molecule has 0 saturated carbocycles. The Morgan fingerprint density at radius 1 is 1.33 bits per heavy atom. The number of ether oxygens (including phenoxy) is 1. The molecule has 2 rings (SSSR count). The lowest BCUT2D eigenvalue weighted by molar-refractivity contribution is -0.385. The summed E-state index contributed by atoms with van der Waals surface area (Å²) in [4.78, 5) is 14.4. The third-order valence-corrected chi connectivity index (χ3v) is 2.45. The van der Waals surface area contributed by atoms with E-state index in [0.717, 1.165) is 0 Å². The first-order valence-corrected chi connectivity index (χ1v) is 5.51. The molecule has 1 aromatic heterocycles. The average molecular weight is 265 g/mol. The van der Waals surface area contributed by atoms with Crippen LogP contribution in [-0.4, -0.2) is 9.91 Å². The Morgan fingerprint density at radius 2 is 2.17 bits per heavy atom. The Kier molecular flexibility index (Phi) is 3.74. The molecule has 0 aliphatic heterocycles.